The van der Waals surface area contributed by atoms with Crippen LogP contribution in [0, 0.1) is 6.92 Å². The fraction of sp³-hybridized carbons (Fsp3) is 0.462. The molecular formula is C13H19ClN4. The van der Waals surface area contributed by atoms with Crippen LogP contribution in [-0.4, -0.2) is 28.3 Å². The molecule has 1 aliphatic heterocycles. The van der Waals surface area contributed by atoms with Crippen LogP contribution >= 0.6 is 12.4 Å². The van der Waals surface area contributed by atoms with Crippen molar-refractivity contribution in [3.8, 4) is 11.4 Å². The molecule has 3 N–H and O–H groups in total. The van der Waals surface area contributed by atoms with Crippen molar-refractivity contribution in [1.82, 2.24) is 20.5 Å². The summed E-state index contributed by atoms with van der Waals surface area (Å²) in [7, 11) is 0. The molecule has 0 aromatic carbocycles. The van der Waals surface area contributed by atoms with Gasteiger partial charge >= 0.3 is 0 Å². The van der Waals surface area contributed by atoms with E-state index in [0.717, 1.165) is 24.5 Å². The number of piperidine rings is 1. The van der Waals surface area contributed by atoms with E-state index in [-0.39, 0.29) is 12.4 Å². The standard InChI is InChI=1S/C13H18N4.ClH/c1-9-5-12(15-7-9)13-6-11(16-17-13)10-3-2-4-14-8-10;/h5-7,10,14-15H,2-4,8H2,1H3,(H,16,17);1H/t10-;/m0./s1. The molecule has 0 radical (unpaired) electrons. The first-order valence-corrected chi connectivity index (χ1v) is 6.24. The predicted molar refractivity (Wildman–Crippen MR) is 75.2 cm³/mol. The Morgan fingerprint density at radius 2 is 2.22 bits per heavy atom. The molecule has 0 unspecified atom stereocenters. The third-order valence-corrected chi connectivity index (χ3v) is 3.44. The second-order valence-corrected chi connectivity index (χ2v) is 4.84. The molecular weight excluding hydrogens is 248 g/mol. The number of H-pyrrole nitrogens is 2. The maximum atomic E-state index is 4.39. The lowest BCUT2D eigenvalue weighted by molar-refractivity contribution is 0.454. The van der Waals surface area contributed by atoms with Crippen LogP contribution in [0.5, 0.6) is 0 Å². The first-order valence-electron chi connectivity index (χ1n) is 6.24. The highest BCUT2D eigenvalue weighted by Gasteiger charge is 2.17. The number of hydrogen-bond acceptors (Lipinski definition) is 2. The van der Waals surface area contributed by atoms with Crippen LogP contribution in [0.2, 0.25) is 0 Å². The van der Waals surface area contributed by atoms with E-state index in [2.05, 4.69) is 39.6 Å². The molecule has 0 bridgehead atoms. The molecule has 3 heterocycles. The van der Waals surface area contributed by atoms with Gasteiger partial charge in [-0.15, -0.1) is 12.4 Å². The van der Waals surface area contributed by atoms with Crippen molar-refractivity contribution in [3.05, 3.63) is 29.6 Å². The summed E-state index contributed by atoms with van der Waals surface area (Å²) in [6, 6.07) is 4.29. The number of aromatic nitrogens is 3. The van der Waals surface area contributed by atoms with Gasteiger partial charge in [-0.2, -0.15) is 5.10 Å². The molecule has 2 aromatic rings. The van der Waals surface area contributed by atoms with E-state index in [0.29, 0.717) is 5.92 Å². The summed E-state index contributed by atoms with van der Waals surface area (Å²) in [5.41, 5.74) is 4.59. The molecule has 4 nitrogen and oxygen atoms in total. The van der Waals surface area contributed by atoms with E-state index in [1.807, 2.05) is 6.20 Å². The van der Waals surface area contributed by atoms with Gasteiger partial charge in [0.15, 0.2) is 0 Å². The maximum absolute atomic E-state index is 4.39. The fourth-order valence-electron chi connectivity index (χ4n) is 2.45. The molecule has 1 aliphatic rings. The van der Waals surface area contributed by atoms with Gasteiger partial charge < -0.3 is 10.3 Å². The van der Waals surface area contributed by atoms with Gasteiger partial charge in [-0.3, -0.25) is 5.10 Å². The number of aromatic amines is 2. The minimum atomic E-state index is 0. The lowest BCUT2D eigenvalue weighted by atomic mass is 9.96. The summed E-state index contributed by atoms with van der Waals surface area (Å²) < 4.78 is 0. The van der Waals surface area contributed by atoms with Crippen molar-refractivity contribution < 1.29 is 0 Å². The Bertz CT molecular complexity index is 497. The molecule has 2 aromatic heterocycles. The molecule has 0 spiro atoms. The van der Waals surface area contributed by atoms with Gasteiger partial charge in [0.2, 0.25) is 0 Å². The summed E-state index contributed by atoms with van der Waals surface area (Å²) in [6.07, 6.45) is 4.50. The van der Waals surface area contributed by atoms with E-state index in [4.69, 9.17) is 0 Å². The van der Waals surface area contributed by atoms with Gasteiger partial charge in [-0.1, -0.05) is 0 Å². The zero-order valence-electron chi connectivity index (χ0n) is 10.5. The Kier molecular flexibility index (Phi) is 4.09. The summed E-state index contributed by atoms with van der Waals surface area (Å²) in [5, 5.41) is 11.0. The second-order valence-electron chi connectivity index (χ2n) is 4.84. The van der Waals surface area contributed by atoms with E-state index >= 15 is 0 Å². The number of nitrogens with zero attached hydrogens (tertiary/aromatic N) is 1. The molecule has 0 aliphatic carbocycles. The topological polar surface area (TPSA) is 56.5 Å². The van der Waals surface area contributed by atoms with Crippen molar-refractivity contribution in [2.45, 2.75) is 25.7 Å². The average Bonchev–Trinajstić information content (AvgIpc) is 2.98. The number of rotatable bonds is 2. The van der Waals surface area contributed by atoms with Crippen molar-refractivity contribution in [1.29, 1.82) is 0 Å². The van der Waals surface area contributed by atoms with Crippen LogP contribution in [0.1, 0.15) is 30.0 Å². The highest BCUT2D eigenvalue weighted by molar-refractivity contribution is 5.85. The van der Waals surface area contributed by atoms with Gasteiger partial charge in [0.05, 0.1) is 5.69 Å². The number of halogens is 1. The van der Waals surface area contributed by atoms with E-state index in [1.165, 1.54) is 24.1 Å². The second kappa shape index (κ2) is 5.59. The molecule has 1 fully saturated rings. The Labute approximate surface area is 113 Å². The van der Waals surface area contributed by atoms with Crippen LogP contribution in [0.15, 0.2) is 18.3 Å². The van der Waals surface area contributed by atoms with Crippen LogP contribution in [0.3, 0.4) is 0 Å². The molecule has 1 saturated heterocycles. The van der Waals surface area contributed by atoms with Crippen LogP contribution in [0.4, 0.5) is 0 Å². The van der Waals surface area contributed by atoms with E-state index in [1.54, 1.807) is 0 Å². The molecule has 1 atom stereocenters. The molecule has 3 rings (SSSR count). The van der Waals surface area contributed by atoms with E-state index in [9.17, 15) is 0 Å². The SMILES string of the molecule is Cc1c[nH]c(-c2cc([C@H]3CCCNC3)[nH]n2)c1.Cl. The normalized spacial score (nSPS) is 19.5. The zero-order valence-corrected chi connectivity index (χ0v) is 11.3. The first kappa shape index (κ1) is 13.2. The smallest absolute Gasteiger partial charge is 0.109 e. The van der Waals surface area contributed by atoms with Crippen LogP contribution < -0.4 is 5.32 Å². The van der Waals surface area contributed by atoms with Gasteiger partial charge in [-0.25, -0.2) is 0 Å². The van der Waals surface area contributed by atoms with E-state index < -0.39 is 0 Å². The average molecular weight is 267 g/mol. The molecule has 98 valence electrons. The Morgan fingerprint density at radius 1 is 1.33 bits per heavy atom. The van der Waals surface area contributed by atoms with Crippen molar-refractivity contribution in [2.75, 3.05) is 13.1 Å². The Morgan fingerprint density at radius 3 is 2.89 bits per heavy atom. The first-order chi connectivity index (χ1) is 8.33. The monoisotopic (exact) mass is 266 g/mol. The predicted octanol–water partition coefficient (Wildman–Crippen LogP) is 2.60. The Balaban J connectivity index is 0.00000120. The van der Waals surface area contributed by atoms with Crippen LogP contribution in [-0.2, 0) is 0 Å². The number of hydrogen-bond donors (Lipinski definition) is 3. The zero-order chi connectivity index (χ0) is 11.7. The summed E-state index contributed by atoms with van der Waals surface area (Å²) in [4.78, 5) is 3.24. The molecule has 0 saturated carbocycles. The minimum Gasteiger partial charge on any atom is -0.360 e. The number of nitrogens with one attached hydrogen (secondary N) is 3. The lowest BCUT2D eigenvalue weighted by Crippen LogP contribution is -2.28. The van der Waals surface area contributed by atoms with Crippen molar-refractivity contribution in [3.63, 3.8) is 0 Å². The summed E-state index contributed by atoms with van der Waals surface area (Å²) in [6.45, 7) is 4.29. The van der Waals surface area contributed by atoms with Gasteiger partial charge in [-0.05, 0) is 44.0 Å². The van der Waals surface area contributed by atoms with Crippen molar-refractivity contribution >= 4 is 12.4 Å². The van der Waals surface area contributed by atoms with Crippen molar-refractivity contribution in [2.24, 2.45) is 0 Å². The van der Waals surface area contributed by atoms with Gasteiger partial charge in [0, 0.05) is 24.4 Å². The lowest BCUT2D eigenvalue weighted by Gasteiger charge is -2.21. The molecule has 5 heteroatoms. The molecule has 18 heavy (non-hydrogen) atoms. The summed E-state index contributed by atoms with van der Waals surface area (Å²) >= 11 is 0. The quantitative estimate of drug-likeness (QED) is 0.783. The minimum absolute atomic E-state index is 0. The fourth-order valence-corrected chi connectivity index (χ4v) is 2.45. The third kappa shape index (κ3) is 2.60. The largest absolute Gasteiger partial charge is 0.360 e. The Hall–Kier alpha value is -1.26. The summed E-state index contributed by atoms with van der Waals surface area (Å²) in [5.74, 6) is 0.584. The highest BCUT2D eigenvalue weighted by Crippen LogP contribution is 2.25. The van der Waals surface area contributed by atoms with Gasteiger partial charge in [0.25, 0.3) is 0 Å². The number of aryl methyl sites for hydroxylation is 1. The third-order valence-electron chi connectivity index (χ3n) is 3.44. The van der Waals surface area contributed by atoms with Crippen LogP contribution in [0.25, 0.3) is 11.4 Å². The maximum Gasteiger partial charge on any atom is 0.109 e. The van der Waals surface area contributed by atoms with Gasteiger partial charge in [0.1, 0.15) is 5.69 Å². The molecule has 0 amide bonds. The highest BCUT2D eigenvalue weighted by atomic mass is 35.5.